The van der Waals surface area contributed by atoms with Crippen molar-refractivity contribution in [1.82, 2.24) is 10.2 Å². The lowest BCUT2D eigenvalue weighted by Gasteiger charge is -2.09. The fraction of sp³-hybridized carbons (Fsp3) is 0.333. The van der Waals surface area contributed by atoms with Crippen molar-refractivity contribution in [3.63, 3.8) is 0 Å². The topological polar surface area (TPSA) is 92.0 Å². The van der Waals surface area contributed by atoms with Gasteiger partial charge in [0.2, 0.25) is 0 Å². The molecule has 14 heavy (non-hydrogen) atoms. The van der Waals surface area contributed by atoms with E-state index in [0.29, 0.717) is 0 Å². The van der Waals surface area contributed by atoms with Crippen molar-refractivity contribution >= 4 is 5.97 Å². The van der Waals surface area contributed by atoms with E-state index in [4.69, 9.17) is 10.8 Å². The molecule has 0 fully saturated rings. The van der Waals surface area contributed by atoms with Crippen molar-refractivity contribution in [2.75, 3.05) is 0 Å². The minimum absolute atomic E-state index is 0.579. The van der Waals surface area contributed by atoms with Crippen molar-refractivity contribution in [3.8, 4) is 0 Å². The second-order valence-corrected chi connectivity index (χ2v) is 2.51. The minimum atomic E-state index is -4.68. The van der Waals surface area contributed by atoms with Crippen molar-refractivity contribution in [2.45, 2.75) is 12.2 Å². The number of halogens is 3. The number of aromatic amines is 1. The molecule has 0 saturated carbocycles. The highest BCUT2D eigenvalue weighted by Gasteiger charge is 2.38. The Morgan fingerprint density at radius 2 is 2.21 bits per heavy atom. The van der Waals surface area contributed by atoms with Gasteiger partial charge in [-0.3, -0.25) is 9.89 Å². The number of hydrogen-bond acceptors (Lipinski definition) is 3. The maximum atomic E-state index is 12.2. The third-order valence-electron chi connectivity index (χ3n) is 1.55. The highest BCUT2D eigenvalue weighted by Crippen LogP contribution is 2.32. The molecule has 0 aliphatic carbocycles. The second-order valence-electron chi connectivity index (χ2n) is 2.51. The van der Waals surface area contributed by atoms with Gasteiger partial charge in [0.25, 0.3) is 0 Å². The maximum Gasteiger partial charge on any atom is 0.433 e. The molecule has 1 heterocycles. The summed E-state index contributed by atoms with van der Waals surface area (Å²) in [7, 11) is 0. The molecule has 0 saturated heterocycles. The van der Waals surface area contributed by atoms with E-state index in [0.717, 1.165) is 6.20 Å². The predicted molar refractivity (Wildman–Crippen MR) is 38.2 cm³/mol. The number of hydrogen-bond donors (Lipinski definition) is 3. The van der Waals surface area contributed by atoms with Crippen LogP contribution in [0.2, 0.25) is 0 Å². The molecule has 0 amide bonds. The van der Waals surface area contributed by atoms with Crippen molar-refractivity contribution in [3.05, 3.63) is 17.5 Å². The maximum absolute atomic E-state index is 12.2. The van der Waals surface area contributed by atoms with Gasteiger partial charge < -0.3 is 10.8 Å². The lowest BCUT2D eigenvalue weighted by Crippen LogP contribution is -2.23. The molecule has 8 heteroatoms. The van der Waals surface area contributed by atoms with Gasteiger partial charge in [-0.05, 0) is 0 Å². The summed E-state index contributed by atoms with van der Waals surface area (Å²) in [6, 6.07) is -1.73. The Labute approximate surface area is 75.7 Å². The average Bonchev–Trinajstić information content (AvgIpc) is 2.48. The zero-order valence-corrected chi connectivity index (χ0v) is 6.67. The normalized spacial score (nSPS) is 14.0. The molecule has 1 rings (SSSR count). The van der Waals surface area contributed by atoms with E-state index in [1.165, 1.54) is 0 Å². The van der Waals surface area contributed by atoms with Crippen LogP contribution >= 0.6 is 0 Å². The Kier molecular flexibility index (Phi) is 2.47. The van der Waals surface area contributed by atoms with Crippen LogP contribution in [0.25, 0.3) is 0 Å². The second kappa shape index (κ2) is 3.29. The molecule has 5 nitrogen and oxygen atoms in total. The van der Waals surface area contributed by atoms with Gasteiger partial charge in [-0.1, -0.05) is 0 Å². The summed E-state index contributed by atoms with van der Waals surface area (Å²) >= 11 is 0. The van der Waals surface area contributed by atoms with Crippen LogP contribution in [0.4, 0.5) is 13.2 Å². The molecule has 1 atom stereocenters. The molecule has 1 unspecified atom stereocenters. The molecular weight excluding hydrogens is 203 g/mol. The average molecular weight is 209 g/mol. The molecular formula is C6H6F3N3O2. The van der Waals surface area contributed by atoms with Crippen LogP contribution in [-0.2, 0) is 11.0 Å². The smallest absolute Gasteiger partial charge is 0.433 e. The summed E-state index contributed by atoms with van der Waals surface area (Å²) in [6.45, 7) is 0. The number of alkyl halides is 3. The number of rotatable bonds is 2. The van der Waals surface area contributed by atoms with Gasteiger partial charge in [-0.15, -0.1) is 0 Å². The van der Waals surface area contributed by atoms with Gasteiger partial charge in [-0.2, -0.15) is 18.3 Å². The quantitative estimate of drug-likeness (QED) is 0.661. The molecule has 0 aliphatic rings. The highest BCUT2D eigenvalue weighted by molar-refractivity contribution is 5.75. The Bertz CT molecular complexity index is 346. The third-order valence-corrected chi connectivity index (χ3v) is 1.55. The molecule has 0 spiro atoms. The van der Waals surface area contributed by atoms with E-state index >= 15 is 0 Å². The molecule has 1 aromatic rings. The largest absolute Gasteiger partial charge is 0.480 e. The summed E-state index contributed by atoms with van der Waals surface area (Å²) in [5.74, 6) is -1.54. The Balaban J connectivity index is 3.11. The summed E-state index contributed by atoms with van der Waals surface area (Å²) in [5, 5.41) is 13.2. The van der Waals surface area contributed by atoms with Crippen LogP contribution in [0.1, 0.15) is 17.3 Å². The van der Waals surface area contributed by atoms with E-state index in [9.17, 15) is 18.0 Å². The molecule has 4 N–H and O–H groups in total. The zero-order chi connectivity index (χ0) is 10.9. The van der Waals surface area contributed by atoms with Gasteiger partial charge in [-0.25, -0.2) is 0 Å². The number of aliphatic carboxylic acids is 1. The number of carboxylic acids is 1. The Hall–Kier alpha value is -1.57. The lowest BCUT2D eigenvalue weighted by molar-refractivity contribution is -0.143. The van der Waals surface area contributed by atoms with Crippen LogP contribution < -0.4 is 5.73 Å². The molecule has 0 radical (unpaired) electrons. The molecule has 0 aromatic carbocycles. The van der Waals surface area contributed by atoms with Crippen LogP contribution in [0.5, 0.6) is 0 Å². The zero-order valence-electron chi connectivity index (χ0n) is 6.67. The lowest BCUT2D eigenvalue weighted by atomic mass is 10.1. The number of nitrogens with one attached hydrogen (secondary N) is 1. The molecule has 1 aromatic heterocycles. The molecule has 0 bridgehead atoms. The number of carboxylic acid groups (broad SMARTS) is 1. The van der Waals surface area contributed by atoms with Gasteiger partial charge in [0, 0.05) is 5.56 Å². The van der Waals surface area contributed by atoms with E-state index in [-0.39, 0.29) is 0 Å². The van der Waals surface area contributed by atoms with Crippen LogP contribution in [0, 0.1) is 0 Å². The standard InChI is InChI=1S/C6H6F3N3O2/c7-6(8,9)4-2(1-11-12-4)3(10)5(13)14/h1,3H,10H2,(H,11,12)(H,13,14). The van der Waals surface area contributed by atoms with Gasteiger partial charge in [0.15, 0.2) is 0 Å². The van der Waals surface area contributed by atoms with E-state index in [2.05, 4.69) is 5.10 Å². The number of carbonyl (C=O) groups is 1. The highest BCUT2D eigenvalue weighted by atomic mass is 19.4. The van der Waals surface area contributed by atoms with Crippen molar-refractivity contribution < 1.29 is 23.1 Å². The Morgan fingerprint density at radius 1 is 1.64 bits per heavy atom. The van der Waals surface area contributed by atoms with Crippen LogP contribution in [0.3, 0.4) is 0 Å². The van der Waals surface area contributed by atoms with Gasteiger partial charge in [0.05, 0.1) is 6.20 Å². The van der Waals surface area contributed by atoms with Crippen LogP contribution in [0.15, 0.2) is 6.20 Å². The number of H-pyrrole nitrogens is 1. The minimum Gasteiger partial charge on any atom is -0.480 e. The monoisotopic (exact) mass is 209 g/mol. The van der Waals surface area contributed by atoms with E-state index in [1.807, 2.05) is 0 Å². The summed E-state index contributed by atoms with van der Waals surface area (Å²) in [5.41, 5.74) is 3.21. The summed E-state index contributed by atoms with van der Waals surface area (Å²) < 4.78 is 36.6. The third kappa shape index (κ3) is 1.84. The van der Waals surface area contributed by atoms with E-state index in [1.54, 1.807) is 5.10 Å². The Morgan fingerprint density at radius 3 is 2.64 bits per heavy atom. The van der Waals surface area contributed by atoms with Crippen molar-refractivity contribution in [1.29, 1.82) is 0 Å². The summed E-state index contributed by atoms with van der Waals surface area (Å²) in [6.07, 6.45) is -3.93. The molecule has 78 valence electrons. The first kappa shape index (κ1) is 10.5. The van der Waals surface area contributed by atoms with E-state index < -0.39 is 29.4 Å². The molecule has 0 aliphatic heterocycles. The SMILES string of the molecule is NC(C(=O)O)c1cn[nH]c1C(F)(F)F. The number of nitrogens with two attached hydrogens (primary N) is 1. The van der Waals surface area contributed by atoms with Gasteiger partial charge in [0.1, 0.15) is 11.7 Å². The number of nitrogens with zero attached hydrogens (tertiary/aromatic N) is 1. The first-order valence-corrected chi connectivity index (χ1v) is 3.43. The fourth-order valence-electron chi connectivity index (χ4n) is 0.891. The number of aromatic nitrogens is 2. The predicted octanol–water partition coefficient (Wildman–Crippen LogP) is 0.513. The summed E-state index contributed by atoms with van der Waals surface area (Å²) in [4.78, 5) is 10.3. The van der Waals surface area contributed by atoms with Gasteiger partial charge >= 0.3 is 12.1 Å². The van der Waals surface area contributed by atoms with Crippen LogP contribution in [-0.4, -0.2) is 21.3 Å². The first-order valence-electron chi connectivity index (χ1n) is 3.43. The fourth-order valence-corrected chi connectivity index (χ4v) is 0.891. The first-order chi connectivity index (χ1) is 6.34. The van der Waals surface area contributed by atoms with Crippen molar-refractivity contribution in [2.24, 2.45) is 5.73 Å².